The number of hydrogen-bond donors (Lipinski definition) is 3. The van der Waals surface area contributed by atoms with Crippen LogP contribution in [0.2, 0.25) is 0 Å². The second-order valence-electron chi connectivity index (χ2n) is 4.83. The van der Waals surface area contributed by atoms with Crippen LogP contribution >= 0.6 is 0 Å². The Hall–Kier alpha value is -2.17. The third-order valence-corrected chi connectivity index (χ3v) is 3.21. The summed E-state index contributed by atoms with van der Waals surface area (Å²) in [6.45, 7) is 0.168. The summed E-state index contributed by atoms with van der Waals surface area (Å²) in [6, 6.07) is 16.2. The number of carbonyl (C=O) groups excluding carboxylic acids is 1. The zero-order chi connectivity index (χ0) is 15.1. The third kappa shape index (κ3) is 4.41. The van der Waals surface area contributed by atoms with Crippen molar-refractivity contribution < 1.29 is 15.0 Å². The summed E-state index contributed by atoms with van der Waals surface area (Å²) in [5.74, 6) is -0.454. The van der Waals surface area contributed by atoms with Gasteiger partial charge in [-0.15, -0.1) is 0 Å². The lowest BCUT2D eigenvalue weighted by molar-refractivity contribution is -0.124. The first-order valence-electron chi connectivity index (χ1n) is 6.94. The minimum absolute atomic E-state index is 0.168. The molecule has 0 aliphatic carbocycles. The van der Waals surface area contributed by atoms with Crippen molar-refractivity contribution in [2.75, 3.05) is 11.9 Å². The Balaban J connectivity index is 1.96. The minimum Gasteiger partial charge on any atom is -0.396 e. The Morgan fingerprint density at radius 2 is 1.71 bits per heavy atom. The van der Waals surface area contributed by atoms with Crippen molar-refractivity contribution in [1.82, 2.24) is 0 Å². The van der Waals surface area contributed by atoms with Crippen molar-refractivity contribution >= 4 is 11.6 Å². The van der Waals surface area contributed by atoms with Crippen molar-refractivity contribution in [1.29, 1.82) is 0 Å². The van der Waals surface area contributed by atoms with Gasteiger partial charge < -0.3 is 15.5 Å². The van der Waals surface area contributed by atoms with E-state index in [9.17, 15) is 9.90 Å². The molecule has 3 N–H and O–H groups in total. The minimum atomic E-state index is -1.18. The first kappa shape index (κ1) is 15.2. The van der Waals surface area contributed by atoms with Gasteiger partial charge in [-0.25, -0.2) is 0 Å². The van der Waals surface area contributed by atoms with Crippen LogP contribution in [-0.2, 0) is 11.2 Å². The Bertz CT molecular complexity index is 566. The van der Waals surface area contributed by atoms with Gasteiger partial charge in [0, 0.05) is 12.3 Å². The fourth-order valence-electron chi connectivity index (χ4n) is 2.04. The van der Waals surface area contributed by atoms with Crippen molar-refractivity contribution in [3.8, 4) is 0 Å². The Labute approximate surface area is 124 Å². The monoisotopic (exact) mass is 285 g/mol. The second kappa shape index (κ2) is 7.57. The van der Waals surface area contributed by atoms with E-state index in [1.54, 1.807) is 36.4 Å². The van der Waals surface area contributed by atoms with Gasteiger partial charge in [0.25, 0.3) is 5.91 Å². The van der Waals surface area contributed by atoms with Gasteiger partial charge in [-0.3, -0.25) is 4.79 Å². The van der Waals surface area contributed by atoms with E-state index in [1.807, 2.05) is 18.2 Å². The van der Waals surface area contributed by atoms with Crippen LogP contribution in [0.15, 0.2) is 54.6 Å². The van der Waals surface area contributed by atoms with Gasteiger partial charge in [-0.2, -0.15) is 0 Å². The van der Waals surface area contributed by atoms with Crippen LogP contribution in [0, 0.1) is 0 Å². The van der Waals surface area contributed by atoms with Gasteiger partial charge in [-0.05, 0) is 36.1 Å². The molecule has 0 aliphatic rings. The first-order chi connectivity index (χ1) is 10.2. The van der Waals surface area contributed by atoms with E-state index >= 15 is 0 Å². The lowest BCUT2D eigenvalue weighted by Crippen LogP contribution is -2.20. The average molecular weight is 285 g/mol. The second-order valence-corrected chi connectivity index (χ2v) is 4.83. The highest BCUT2D eigenvalue weighted by Crippen LogP contribution is 2.16. The zero-order valence-corrected chi connectivity index (χ0v) is 11.7. The summed E-state index contributed by atoms with van der Waals surface area (Å²) in [7, 11) is 0. The summed E-state index contributed by atoms with van der Waals surface area (Å²) < 4.78 is 0. The van der Waals surface area contributed by atoms with Crippen LogP contribution in [0.4, 0.5) is 5.69 Å². The molecule has 0 spiro atoms. The van der Waals surface area contributed by atoms with E-state index in [1.165, 1.54) is 0 Å². The highest BCUT2D eigenvalue weighted by atomic mass is 16.3. The largest absolute Gasteiger partial charge is 0.396 e. The number of benzene rings is 2. The quantitative estimate of drug-likeness (QED) is 0.762. The zero-order valence-electron chi connectivity index (χ0n) is 11.7. The molecule has 1 amide bonds. The number of aryl methyl sites for hydroxylation is 1. The number of aliphatic hydroxyl groups is 2. The molecule has 0 radical (unpaired) electrons. The summed E-state index contributed by atoms with van der Waals surface area (Å²) in [4.78, 5) is 12.0. The predicted molar refractivity (Wildman–Crippen MR) is 81.9 cm³/mol. The average Bonchev–Trinajstić information content (AvgIpc) is 2.54. The highest BCUT2D eigenvalue weighted by Gasteiger charge is 2.16. The molecule has 0 saturated heterocycles. The van der Waals surface area contributed by atoms with Crippen LogP contribution in [0.25, 0.3) is 0 Å². The molecule has 1 atom stereocenters. The maximum absolute atomic E-state index is 12.0. The maximum Gasteiger partial charge on any atom is 0.257 e. The van der Waals surface area contributed by atoms with Gasteiger partial charge in [0.15, 0.2) is 6.10 Å². The molecule has 0 aliphatic heterocycles. The maximum atomic E-state index is 12.0. The molecule has 0 heterocycles. The number of nitrogens with one attached hydrogen (secondary N) is 1. The predicted octanol–water partition coefficient (Wildman–Crippen LogP) is 2.28. The van der Waals surface area contributed by atoms with Crippen molar-refractivity contribution in [3.63, 3.8) is 0 Å². The van der Waals surface area contributed by atoms with Crippen molar-refractivity contribution in [2.24, 2.45) is 0 Å². The van der Waals surface area contributed by atoms with Crippen LogP contribution in [-0.4, -0.2) is 22.7 Å². The molecule has 2 aromatic carbocycles. The molecule has 2 aromatic rings. The smallest absolute Gasteiger partial charge is 0.257 e. The van der Waals surface area contributed by atoms with E-state index in [0.717, 1.165) is 18.4 Å². The number of anilines is 1. The van der Waals surface area contributed by atoms with Gasteiger partial charge in [0.2, 0.25) is 0 Å². The van der Waals surface area contributed by atoms with E-state index in [2.05, 4.69) is 5.32 Å². The molecular formula is C17H19NO3. The molecule has 4 heteroatoms. The van der Waals surface area contributed by atoms with Crippen molar-refractivity contribution in [3.05, 3.63) is 65.7 Å². The fraction of sp³-hybridized carbons (Fsp3) is 0.235. The first-order valence-corrected chi connectivity index (χ1v) is 6.94. The third-order valence-electron chi connectivity index (χ3n) is 3.21. The van der Waals surface area contributed by atoms with Gasteiger partial charge >= 0.3 is 0 Å². The van der Waals surface area contributed by atoms with Crippen LogP contribution in [0.1, 0.15) is 23.7 Å². The summed E-state index contributed by atoms with van der Waals surface area (Å²) in [5.41, 5.74) is 2.31. The molecule has 4 nitrogen and oxygen atoms in total. The molecule has 1 unspecified atom stereocenters. The van der Waals surface area contributed by atoms with Crippen LogP contribution in [0.3, 0.4) is 0 Å². The Kier molecular flexibility index (Phi) is 5.49. The van der Waals surface area contributed by atoms with Crippen molar-refractivity contribution in [2.45, 2.75) is 18.9 Å². The highest BCUT2D eigenvalue weighted by molar-refractivity contribution is 5.94. The standard InChI is InChI=1S/C17H19NO3/c19-12-4-5-13-8-10-15(11-9-13)18-17(21)16(20)14-6-2-1-3-7-14/h1-3,6-11,16,19-20H,4-5,12H2,(H,18,21). The molecule has 0 saturated carbocycles. The fourth-order valence-corrected chi connectivity index (χ4v) is 2.04. The Morgan fingerprint density at radius 3 is 2.33 bits per heavy atom. The summed E-state index contributed by atoms with van der Waals surface area (Å²) in [5, 5.41) is 21.5. The molecular weight excluding hydrogens is 266 g/mol. The number of carbonyl (C=O) groups is 1. The SMILES string of the molecule is O=C(Nc1ccc(CCCO)cc1)C(O)c1ccccc1. The van der Waals surface area contributed by atoms with Gasteiger partial charge in [0.05, 0.1) is 0 Å². The van der Waals surface area contributed by atoms with Crippen LogP contribution in [0.5, 0.6) is 0 Å². The Morgan fingerprint density at radius 1 is 1.05 bits per heavy atom. The number of hydrogen-bond acceptors (Lipinski definition) is 3. The van der Waals surface area contributed by atoms with Gasteiger partial charge in [0.1, 0.15) is 0 Å². The lowest BCUT2D eigenvalue weighted by Gasteiger charge is -2.12. The molecule has 21 heavy (non-hydrogen) atoms. The normalized spacial score (nSPS) is 11.9. The molecule has 110 valence electrons. The van der Waals surface area contributed by atoms with Crippen LogP contribution < -0.4 is 5.32 Å². The summed E-state index contributed by atoms with van der Waals surface area (Å²) >= 11 is 0. The number of aliphatic hydroxyl groups excluding tert-OH is 2. The molecule has 0 fully saturated rings. The van der Waals surface area contributed by atoms with E-state index in [-0.39, 0.29) is 6.61 Å². The molecule has 0 aromatic heterocycles. The molecule has 2 rings (SSSR count). The van der Waals surface area contributed by atoms with Gasteiger partial charge in [-0.1, -0.05) is 42.5 Å². The van der Waals surface area contributed by atoms with E-state index < -0.39 is 12.0 Å². The number of rotatable bonds is 6. The van der Waals surface area contributed by atoms with E-state index in [0.29, 0.717) is 11.3 Å². The summed E-state index contributed by atoms with van der Waals surface area (Å²) in [6.07, 6.45) is 0.343. The lowest BCUT2D eigenvalue weighted by atomic mass is 10.1. The van der Waals surface area contributed by atoms with E-state index in [4.69, 9.17) is 5.11 Å². The topological polar surface area (TPSA) is 69.6 Å². The number of amides is 1. The molecule has 0 bridgehead atoms.